The van der Waals surface area contributed by atoms with Crippen LogP contribution in [0.25, 0.3) is 0 Å². The summed E-state index contributed by atoms with van der Waals surface area (Å²) in [5.41, 5.74) is 0.837. The molecular weight excluding hydrogens is 279 g/mol. The maximum atomic E-state index is 6.20. The van der Waals surface area contributed by atoms with Crippen LogP contribution < -0.4 is 0 Å². The van der Waals surface area contributed by atoms with Crippen molar-refractivity contribution in [3.05, 3.63) is 46.1 Å². The van der Waals surface area contributed by atoms with Crippen LogP contribution in [0.5, 0.6) is 0 Å². The van der Waals surface area contributed by atoms with Crippen molar-refractivity contribution in [2.24, 2.45) is 4.99 Å². The minimum Gasteiger partial charge on any atom is -0.336 e. The van der Waals surface area contributed by atoms with Crippen molar-refractivity contribution in [2.45, 2.75) is 18.5 Å². The van der Waals surface area contributed by atoms with Gasteiger partial charge in [0.1, 0.15) is 10.7 Å². The number of hydrogen-bond donors (Lipinski definition) is 0. The van der Waals surface area contributed by atoms with E-state index in [-0.39, 0.29) is 11.5 Å². The number of aliphatic imine (C=N–C) groups is 1. The molecule has 0 aliphatic carbocycles. The quantitative estimate of drug-likeness (QED) is 0.582. The fourth-order valence-corrected chi connectivity index (χ4v) is 2.35. The summed E-state index contributed by atoms with van der Waals surface area (Å²) >= 11 is 17.8. The van der Waals surface area contributed by atoms with Gasteiger partial charge in [-0.2, -0.15) is 0 Å². The number of rotatable bonds is 2. The Hall–Kier alpha value is -0.700. The third-order valence-corrected chi connectivity index (χ3v) is 3.50. The van der Waals surface area contributed by atoms with Gasteiger partial charge in [-0.25, -0.2) is 4.99 Å². The Bertz CT molecular complexity index is 453. The van der Waals surface area contributed by atoms with Gasteiger partial charge in [0.05, 0.1) is 12.4 Å². The van der Waals surface area contributed by atoms with Gasteiger partial charge in [-0.3, -0.25) is 0 Å². The Kier molecular flexibility index (Phi) is 3.97. The van der Waals surface area contributed by atoms with Gasteiger partial charge in [0.2, 0.25) is 0 Å². The van der Waals surface area contributed by atoms with Crippen LogP contribution in [0.15, 0.2) is 40.5 Å². The maximum Gasteiger partial charge on any atom is 0.130 e. The molecule has 1 aromatic rings. The summed E-state index contributed by atoms with van der Waals surface area (Å²) < 4.78 is 0. The first-order valence-corrected chi connectivity index (χ1v) is 6.35. The van der Waals surface area contributed by atoms with Gasteiger partial charge in [-0.05, 0) is 30.7 Å². The van der Waals surface area contributed by atoms with E-state index in [0.29, 0.717) is 5.16 Å². The molecule has 0 aromatic heterocycles. The largest absolute Gasteiger partial charge is 0.336 e. The molecule has 90 valence electrons. The second-order valence-electron chi connectivity index (χ2n) is 3.78. The van der Waals surface area contributed by atoms with E-state index in [1.54, 1.807) is 12.4 Å². The lowest BCUT2D eigenvalue weighted by atomic mass is 10.1. The first-order chi connectivity index (χ1) is 8.08. The Morgan fingerprint density at radius 2 is 1.88 bits per heavy atom. The van der Waals surface area contributed by atoms with E-state index >= 15 is 0 Å². The van der Waals surface area contributed by atoms with Gasteiger partial charge < -0.3 is 4.90 Å². The third-order valence-electron chi connectivity index (χ3n) is 2.67. The molecule has 0 bridgehead atoms. The van der Waals surface area contributed by atoms with E-state index in [9.17, 15) is 0 Å². The SMILES string of the molecule is CC(c1ccc(Cl)cc1)N1C=NC(Cl)=C[C@@H]1Cl. The molecule has 0 saturated carbocycles. The lowest BCUT2D eigenvalue weighted by Gasteiger charge is -2.31. The van der Waals surface area contributed by atoms with Crippen molar-refractivity contribution in [2.75, 3.05) is 0 Å². The Morgan fingerprint density at radius 1 is 1.24 bits per heavy atom. The molecule has 0 radical (unpaired) electrons. The second kappa shape index (κ2) is 5.30. The zero-order valence-corrected chi connectivity index (χ0v) is 11.4. The van der Waals surface area contributed by atoms with Gasteiger partial charge in [-0.1, -0.05) is 46.9 Å². The fourth-order valence-electron chi connectivity index (χ4n) is 1.66. The average Bonchev–Trinajstić information content (AvgIpc) is 2.29. The number of alkyl halides is 1. The summed E-state index contributed by atoms with van der Waals surface area (Å²) in [6, 6.07) is 7.79. The van der Waals surface area contributed by atoms with Crippen LogP contribution in [0.4, 0.5) is 0 Å². The zero-order valence-electron chi connectivity index (χ0n) is 9.15. The van der Waals surface area contributed by atoms with Crippen LogP contribution >= 0.6 is 34.8 Å². The van der Waals surface area contributed by atoms with Crippen molar-refractivity contribution in [3.63, 3.8) is 0 Å². The van der Waals surface area contributed by atoms with E-state index in [1.165, 1.54) is 0 Å². The number of benzene rings is 1. The summed E-state index contributed by atoms with van der Waals surface area (Å²) in [5, 5.41) is 1.14. The highest BCUT2D eigenvalue weighted by Gasteiger charge is 2.21. The highest BCUT2D eigenvalue weighted by molar-refractivity contribution is 6.31. The standard InChI is InChI=1S/C12H11Cl3N2/c1-8(9-2-4-10(13)5-3-9)17-7-16-11(14)6-12(17)15/h2-8,12H,1H3/t8?,12-/m1/s1. The molecule has 1 aliphatic heterocycles. The molecule has 0 fully saturated rings. The Balaban J connectivity index is 2.18. The van der Waals surface area contributed by atoms with Gasteiger partial charge >= 0.3 is 0 Å². The van der Waals surface area contributed by atoms with E-state index in [4.69, 9.17) is 34.8 Å². The fraction of sp³-hybridized carbons (Fsp3) is 0.250. The van der Waals surface area contributed by atoms with Crippen molar-refractivity contribution in [1.29, 1.82) is 0 Å². The van der Waals surface area contributed by atoms with E-state index in [2.05, 4.69) is 11.9 Å². The third kappa shape index (κ3) is 2.95. The van der Waals surface area contributed by atoms with Crippen molar-refractivity contribution in [1.82, 2.24) is 4.90 Å². The summed E-state index contributed by atoms with van der Waals surface area (Å²) in [4.78, 5) is 5.97. The van der Waals surface area contributed by atoms with Gasteiger partial charge in [0, 0.05) is 5.02 Å². The average molecular weight is 290 g/mol. The molecule has 1 aliphatic rings. The molecule has 2 atom stereocenters. The smallest absolute Gasteiger partial charge is 0.130 e. The lowest BCUT2D eigenvalue weighted by molar-refractivity contribution is 0.350. The summed E-state index contributed by atoms with van der Waals surface area (Å²) in [6.07, 6.45) is 3.37. The molecule has 1 unspecified atom stereocenters. The van der Waals surface area contributed by atoms with Crippen molar-refractivity contribution in [3.8, 4) is 0 Å². The molecule has 0 spiro atoms. The minimum atomic E-state index is -0.286. The number of halogens is 3. The minimum absolute atomic E-state index is 0.111. The molecule has 0 N–H and O–H groups in total. The predicted octanol–water partition coefficient (Wildman–Crippen LogP) is 4.39. The molecule has 17 heavy (non-hydrogen) atoms. The second-order valence-corrected chi connectivity index (χ2v) is 5.05. The van der Waals surface area contributed by atoms with E-state index < -0.39 is 0 Å². The highest BCUT2D eigenvalue weighted by atomic mass is 35.5. The first-order valence-electron chi connectivity index (χ1n) is 5.16. The first kappa shape index (κ1) is 12.7. The summed E-state index contributed by atoms with van der Waals surface area (Å²) in [7, 11) is 0. The van der Waals surface area contributed by atoms with Gasteiger partial charge in [-0.15, -0.1) is 0 Å². The summed E-state index contributed by atoms with van der Waals surface area (Å²) in [5.74, 6) is 0. The number of hydrogen-bond acceptors (Lipinski definition) is 2. The van der Waals surface area contributed by atoms with Crippen LogP contribution in [0.1, 0.15) is 18.5 Å². The highest BCUT2D eigenvalue weighted by Crippen LogP contribution is 2.27. The molecule has 0 saturated heterocycles. The normalized spacial score (nSPS) is 21.3. The maximum absolute atomic E-state index is 6.20. The van der Waals surface area contributed by atoms with Crippen molar-refractivity contribution >= 4 is 41.1 Å². The van der Waals surface area contributed by atoms with E-state index in [0.717, 1.165) is 10.6 Å². The van der Waals surface area contributed by atoms with Crippen LogP contribution in [-0.2, 0) is 0 Å². The van der Waals surface area contributed by atoms with Gasteiger partial charge in [0.15, 0.2) is 0 Å². The predicted molar refractivity (Wildman–Crippen MR) is 73.8 cm³/mol. The molecule has 5 heteroatoms. The lowest BCUT2D eigenvalue weighted by Crippen LogP contribution is -2.33. The van der Waals surface area contributed by atoms with Crippen LogP contribution in [0.3, 0.4) is 0 Å². The topological polar surface area (TPSA) is 15.6 Å². The Labute approximate surface area is 115 Å². The van der Waals surface area contributed by atoms with Crippen molar-refractivity contribution < 1.29 is 0 Å². The van der Waals surface area contributed by atoms with Crippen LogP contribution in [0, 0.1) is 0 Å². The molecule has 1 heterocycles. The van der Waals surface area contributed by atoms with E-state index in [1.807, 2.05) is 29.2 Å². The zero-order chi connectivity index (χ0) is 12.4. The molecule has 0 amide bonds. The monoisotopic (exact) mass is 288 g/mol. The Morgan fingerprint density at radius 3 is 2.47 bits per heavy atom. The number of nitrogens with zero attached hydrogens (tertiary/aromatic N) is 2. The van der Waals surface area contributed by atoms with Gasteiger partial charge in [0.25, 0.3) is 0 Å². The molecule has 1 aromatic carbocycles. The molecule has 2 nitrogen and oxygen atoms in total. The summed E-state index contributed by atoms with van der Waals surface area (Å²) in [6.45, 7) is 2.05. The molecular formula is C12H11Cl3N2. The van der Waals surface area contributed by atoms with Crippen LogP contribution in [0.2, 0.25) is 5.02 Å². The molecule has 2 rings (SSSR count). The van der Waals surface area contributed by atoms with Crippen LogP contribution in [-0.4, -0.2) is 16.7 Å².